The summed E-state index contributed by atoms with van der Waals surface area (Å²) in [7, 11) is 1.85. The molecule has 94 valence electrons. The Morgan fingerprint density at radius 3 is 2.53 bits per heavy atom. The lowest BCUT2D eigenvalue weighted by Gasteiger charge is -2.13. The normalized spacial score (nSPS) is 12.2. The highest BCUT2D eigenvalue weighted by molar-refractivity contribution is 5.76. The van der Waals surface area contributed by atoms with Crippen LogP contribution in [0.3, 0.4) is 0 Å². The molecule has 1 atom stereocenters. The molecule has 0 radical (unpaired) electrons. The van der Waals surface area contributed by atoms with E-state index in [-0.39, 0.29) is 5.91 Å². The maximum Gasteiger partial charge on any atom is 0.221 e. The number of nitrogens with one attached hydrogen (secondary N) is 2. The molecule has 1 aromatic rings. The molecule has 2 N–H and O–H groups in total. The lowest BCUT2D eigenvalue weighted by Crippen LogP contribution is -2.29. The van der Waals surface area contributed by atoms with Crippen molar-refractivity contribution in [1.29, 1.82) is 0 Å². The van der Waals surface area contributed by atoms with Crippen LogP contribution in [0.25, 0.3) is 0 Å². The van der Waals surface area contributed by atoms with Gasteiger partial charge in [0.05, 0.1) is 0 Å². The minimum absolute atomic E-state index is 0.110. The van der Waals surface area contributed by atoms with Crippen LogP contribution in [0.1, 0.15) is 30.4 Å². The van der Waals surface area contributed by atoms with Crippen molar-refractivity contribution in [3.63, 3.8) is 0 Å². The summed E-state index contributed by atoms with van der Waals surface area (Å²) in [5, 5.41) is 5.91. The summed E-state index contributed by atoms with van der Waals surface area (Å²) in [6.07, 6.45) is 0.539. The molecule has 0 aliphatic heterocycles. The number of hydrogen-bond donors (Lipinski definition) is 2. The molecular formula is C14H22N2O. The molecule has 3 nitrogen and oxygen atoms in total. The van der Waals surface area contributed by atoms with Crippen molar-refractivity contribution in [1.82, 2.24) is 10.6 Å². The third kappa shape index (κ3) is 5.00. The summed E-state index contributed by atoms with van der Waals surface area (Å²) in [6.45, 7) is 5.63. The number of amides is 1. The molecule has 0 saturated carbocycles. The van der Waals surface area contributed by atoms with Crippen molar-refractivity contribution in [3.05, 3.63) is 35.4 Å². The quantitative estimate of drug-likeness (QED) is 0.788. The van der Waals surface area contributed by atoms with Gasteiger partial charge in [0.2, 0.25) is 5.91 Å². The first-order valence-electron chi connectivity index (χ1n) is 6.11. The Kier molecular flexibility index (Phi) is 5.70. The van der Waals surface area contributed by atoms with Crippen LogP contribution in [0.2, 0.25) is 0 Å². The van der Waals surface area contributed by atoms with E-state index in [0.29, 0.717) is 18.9 Å². The molecule has 1 aromatic carbocycles. The SMILES string of the molecule is CNCCC(=O)NCC(C)c1ccc(C)cc1. The van der Waals surface area contributed by atoms with Gasteiger partial charge in [-0.25, -0.2) is 0 Å². The van der Waals surface area contributed by atoms with E-state index in [1.54, 1.807) is 0 Å². The first kappa shape index (κ1) is 13.7. The summed E-state index contributed by atoms with van der Waals surface area (Å²) in [4.78, 5) is 11.4. The smallest absolute Gasteiger partial charge is 0.221 e. The molecule has 17 heavy (non-hydrogen) atoms. The Labute approximate surface area is 104 Å². The van der Waals surface area contributed by atoms with E-state index < -0.39 is 0 Å². The van der Waals surface area contributed by atoms with Gasteiger partial charge in [0.25, 0.3) is 0 Å². The van der Waals surface area contributed by atoms with Crippen molar-refractivity contribution in [2.24, 2.45) is 0 Å². The first-order chi connectivity index (χ1) is 8.13. The highest BCUT2D eigenvalue weighted by atomic mass is 16.1. The molecule has 0 saturated heterocycles. The predicted octanol–water partition coefficient (Wildman–Crippen LogP) is 1.82. The highest BCUT2D eigenvalue weighted by Crippen LogP contribution is 2.14. The van der Waals surface area contributed by atoms with E-state index in [1.807, 2.05) is 7.05 Å². The highest BCUT2D eigenvalue weighted by Gasteiger charge is 2.07. The summed E-state index contributed by atoms with van der Waals surface area (Å²) in [5.74, 6) is 0.465. The molecule has 0 heterocycles. The Hall–Kier alpha value is -1.35. The van der Waals surface area contributed by atoms with E-state index >= 15 is 0 Å². The van der Waals surface area contributed by atoms with E-state index in [4.69, 9.17) is 0 Å². The maximum atomic E-state index is 11.4. The van der Waals surface area contributed by atoms with Crippen molar-refractivity contribution >= 4 is 5.91 Å². The first-order valence-corrected chi connectivity index (χ1v) is 6.11. The second-order valence-electron chi connectivity index (χ2n) is 4.47. The van der Waals surface area contributed by atoms with E-state index in [2.05, 4.69) is 48.7 Å². The number of aryl methyl sites for hydroxylation is 1. The van der Waals surface area contributed by atoms with E-state index in [9.17, 15) is 4.79 Å². The van der Waals surface area contributed by atoms with Gasteiger partial charge in [-0.1, -0.05) is 36.8 Å². The van der Waals surface area contributed by atoms with Crippen LogP contribution in [-0.4, -0.2) is 26.0 Å². The molecule has 0 fully saturated rings. The number of carbonyl (C=O) groups excluding carboxylic acids is 1. The molecule has 1 rings (SSSR count). The van der Waals surface area contributed by atoms with Gasteiger partial charge in [-0.3, -0.25) is 4.79 Å². The monoisotopic (exact) mass is 234 g/mol. The van der Waals surface area contributed by atoms with Gasteiger partial charge in [-0.15, -0.1) is 0 Å². The van der Waals surface area contributed by atoms with Gasteiger partial charge >= 0.3 is 0 Å². The molecule has 0 aliphatic rings. The van der Waals surface area contributed by atoms with Gasteiger partial charge in [-0.2, -0.15) is 0 Å². The Morgan fingerprint density at radius 2 is 1.94 bits per heavy atom. The molecule has 1 amide bonds. The van der Waals surface area contributed by atoms with E-state index in [0.717, 1.165) is 6.54 Å². The Balaban J connectivity index is 2.36. The van der Waals surface area contributed by atoms with Gasteiger partial charge in [0.1, 0.15) is 0 Å². The second-order valence-corrected chi connectivity index (χ2v) is 4.47. The van der Waals surface area contributed by atoms with Crippen molar-refractivity contribution in [3.8, 4) is 0 Å². The van der Waals surface area contributed by atoms with Gasteiger partial charge in [0, 0.05) is 19.5 Å². The molecule has 1 unspecified atom stereocenters. The number of hydrogen-bond acceptors (Lipinski definition) is 2. The zero-order chi connectivity index (χ0) is 12.7. The minimum atomic E-state index is 0.110. The lowest BCUT2D eigenvalue weighted by molar-refractivity contribution is -0.121. The number of carbonyl (C=O) groups is 1. The molecule has 0 spiro atoms. The number of benzene rings is 1. The maximum absolute atomic E-state index is 11.4. The summed E-state index contributed by atoms with van der Waals surface area (Å²) in [5.41, 5.74) is 2.53. The van der Waals surface area contributed by atoms with Crippen LogP contribution >= 0.6 is 0 Å². The standard InChI is InChI=1S/C14H22N2O/c1-11-4-6-13(7-5-11)12(2)10-16-14(17)8-9-15-3/h4-7,12,15H,8-10H2,1-3H3,(H,16,17). The largest absolute Gasteiger partial charge is 0.355 e. The fraction of sp³-hybridized carbons (Fsp3) is 0.500. The molecule has 0 aliphatic carbocycles. The number of rotatable bonds is 6. The molecule has 0 aromatic heterocycles. The van der Waals surface area contributed by atoms with Crippen molar-refractivity contribution < 1.29 is 4.79 Å². The third-order valence-corrected chi connectivity index (χ3v) is 2.85. The van der Waals surface area contributed by atoms with Gasteiger partial charge in [0.15, 0.2) is 0 Å². The summed E-state index contributed by atoms with van der Waals surface area (Å²) >= 11 is 0. The van der Waals surface area contributed by atoms with Crippen LogP contribution in [0.4, 0.5) is 0 Å². The second kappa shape index (κ2) is 7.07. The van der Waals surface area contributed by atoms with Gasteiger partial charge < -0.3 is 10.6 Å². The zero-order valence-corrected chi connectivity index (χ0v) is 10.9. The van der Waals surface area contributed by atoms with Crippen molar-refractivity contribution in [2.75, 3.05) is 20.1 Å². The fourth-order valence-electron chi connectivity index (χ4n) is 1.61. The summed E-state index contributed by atoms with van der Waals surface area (Å²) in [6, 6.07) is 8.46. The fourth-order valence-corrected chi connectivity index (χ4v) is 1.61. The molecule has 0 bridgehead atoms. The average molecular weight is 234 g/mol. The van der Waals surface area contributed by atoms with Crippen LogP contribution in [0.15, 0.2) is 24.3 Å². The van der Waals surface area contributed by atoms with Crippen LogP contribution in [-0.2, 0) is 4.79 Å². The van der Waals surface area contributed by atoms with E-state index in [1.165, 1.54) is 11.1 Å². The third-order valence-electron chi connectivity index (χ3n) is 2.85. The topological polar surface area (TPSA) is 41.1 Å². The van der Waals surface area contributed by atoms with Crippen molar-refractivity contribution in [2.45, 2.75) is 26.2 Å². The average Bonchev–Trinajstić information content (AvgIpc) is 2.34. The predicted molar refractivity (Wildman–Crippen MR) is 71.1 cm³/mol. The lowest BCUT2D eigenvalue weighted by atomic mass is 10.00. The van der Waals surface area contributed by atoms with Crippen LogP contribution in [0.5, 0.6) is 0 Å². The molecule has 3 heteroatoms. The Bertz CT molecular complexity index is 346. The zero-order valence-electron chi connectivity index (χ0n) is 10.9. The Morgan fingerprint density at radius 1 is 1.29 bits per heavy atom. The summed E-state index contributed by atoms with van der Waals surface area (Å²) < 4.78 is 0. The van der Waals surface area contributed by atoms with Gasteiger partial charge in [-0.05, 0) is 25.5 Å². The molecular weight excluding hydrogens is 212 g/mol. The minimum Gasteiger partial charge on any atom is -0.355 e. The van der Waals surface area contributed by atoms with Crippen LogP contribution < -0.4 is 10.6 Å². The van der Waals surface area contributed by atoms with Crippen LogP contribution in [0, 0.1) is 6.92 Å².